The fraction of sp³-hybridized carbons (Fsp3) is 0.118. The van der Waals surface area contributed by atoms with Gasteiger partial charge >= 0.3 is 6.18 Å². The number of hydrogen-bond donors (Lipinski definition) is 1. The normalized spacial score (nSPS) is 11.5. The number of fused-ring (bicyclic) bond motifs is 1. The van der Waals surface area contributed by atoms with Crippen molar-refractivity contribution in [1.29, 1.82) is 0 Å². The van der Waals surface area contributed by atoms with E-state index >= 15 is 0 Å². The molecule has 0 fully saturated rings. The van der Waals surface area contributed by atoms with Gasteiger partial charge in [-0.1, -0.05) is 18.2 Å². The highest BCUT2D eigenvalue weighted by molar-refractivity contribution is 5.91. The average Bonchev–Trinajstić information content (AvgIpc) is 2.57. The number of anilines is 1. The topological polar surface area (TPSA) is 64.0 Å². The van der Waals surface area contributed by atoms with Crippen LogP contribution in [0.1, 0.15) is 5.56 Å². The first-order valence-corrected chi connectivity index (χ1v) is 7.26. The zero-order valence-corrected chi connectivity index (χ0v) is 12.7. The number of nitrogens with one attached hydrogen (secondary N) is 1. The zero-order chi connectivity index (χ0) is 18.0. The molecule has 25 heavy (non-hydrogen) atoms. The quantitative estimate of drug-likeness (QED) is 0.792. The Kier molecular flexibility index (Phi) is 4.26. The van der Waals surface area contributed by atoms with Crippen molar-refractivity contribution in [3.63, 3.8) is 0 Å². The van der Waals surface area contributed by atoms with Gasteiger partial charge in [-0.2, -0.15) is 18.3 Å². The fourth-order valence-corrected chi connectivity index (χ4v) is 2.40. The Morgan fingerprint density at radius 3 is 2.64 bits per heavy atom. The van der Waals surface area contributed by atoms with Crippen molar-refractivity contribution >= 4 is 22.5 Å². The maximum atomic E-state index is 12.7. The Hall–Kier alpha value is -3.16. The molecule has 1 N–H and O–H groups in total. The van der Waals surface area contributed by atoms with Crippen LogP contribution in [0.5, 0.6) is 0 Å². The lowest BCUT2D eigenvalue weighted by Crippen LogP contribution is -2.22. The summed E-state index contributed by atoms with van der Waals surface area (Å²) in [5.41, 5.74) is -0.623. The molecule has 0 atom stereocenters. The molecule has 1 aromatic heterocycles. The SMILES string of the molecule is O=C(Cn1ncc(=O)c2ccccc21)Nc1cccc(C(F)(F)F)c1. The highest BCUT2D eigenvalue weighted by atomic mass is 19.4. The summed E-state index contributed by atoms with van der Waals surface area (Å²) in [6.45, 7) is -0.239. The minimum Gasteiger partial charge on any atom is -0.324 e. The lowest BCUT2D eigenvalue weighted by molar-refractivity contribution is -0.137. The molecular weight excluding hydrogens is 335 g/mol. The van der Waals surface area contributed by atoms with Crippen LogP contribution < -0.4 is 10.7 Å². The summed E-state index contributed by atoms with van der Waals surface area (Å²) in [4.78, 5) is 23.9. The molecule has 0 bridgehead atoms. The number of para-hydroxylation sites is 1. The summed E-state index contributed by atoms with van der Waals surface area (Å²) >= 11 is 0. The lowest BCUT2D eigenvalue weighted by atomic mass is 10.2. The van der Waals surface area contributed by atoms with E-state index in [2.05, 4.69) is 10.4 Å². The Balaban J connectivity index is 1.82. The minimum absolute atomic E-state index is 0.0326. The second-order valence-electron chi connectivity index (χ2n) is 5.31. The van der Waals surface area contributed by atoms with Gasteiger partial charge < -0.3 is 5.32 Å². The molecule has 0 aliphatic carbocycles. The van der Waals surface area contributed by atoms with Crippen LogP contribution in [-0.4, -0.2) is 15.7 Å². The molecule has 8 heteroatoms. The molecule has 1 amide bonds. The molecule has 3 aromatic rings. The van der Waals surface area contributed by atoms with Gasteiger partial charge in [-0.15, -0.1) is 0 Å². The first kappa shape index (κ1) is 16.7. The molecule has 0 spiro atoms. The van der Waals surface area contributed by atoms with E-state index in [9.17, 15) is 22.8 Å². The van der Waals surface area contributed by atoms with E-state index in [1.165, 1.54) is 16.8 Å². The van der Waals surface area contributed by atoms with Gasteiger partial charge in [0.15, 0.2) is 0 Å². The van der Waals surface area contributed by atoms with E-state index in [1.54, 1.807) is 24.3 Å². The molecule has 5 nitrogen and oxygen atoms in total. The molecule has 0 saturated carbocycles. The van der Waals surface area contributed by atoms with Gasteiger partial charge in [0.25, 0.3) is 0 Å². The fourth-order valence-electron chi connectivity index (χ4n) is 2.40. The first-order chi connectivity index (χ1) is 11.8. The molecule has 0 radical (unpaired) electrons. The summed E-state index contributed by atoms with van der Waals surface area (Å²) in [5.74, 6) is -0.555. The van der Waals surface area contributed by atoms with E-state index in [0.717, 1.165) is 18.3 Å². The largest absolute Gasteiger partial charge is 0.416 e. The van der Waals surface area contributed by atoms with E-state index in [0.29, 0.717) is 10.9 Å². The van der Waals surface area contributed by atoms with Crippen molar-refractivity contribution < 1.29 is 18.0 Å². The van der Waals surface area contributed by atoms with Gasteiger partial charge in [-0.25, -0.2) is 0 Å². The third kappa shape index (κ3) is 3.68. The summed E-state index contributed by atoms with van der Waals surface area (Å²) in [6.07, 6.45) is -3.39. The third-order valence-corrected chi connectivity index (χ3v) is 3.53. The third-order valence-electron chi connectivity index (χ3n) is 3.53. The molecule has 2 aromatic carbocycles. The molecular formula is C17H12F3N3O2. The Morgan fingerprint density at radius 2 is 1.88 bits per heavy atom. The van der Waals surface area contributed by atoms with Crippen LogP contribution in [0, 0.1) is 0 Å². The number of carbonyl (C=O) groups is 1. The summed E-state index contributed by atoms with van der Waals surface area (Å²) in [7, 11) is 0. The van der Waals surface area contributed by atoms with Crippen molar-refractivity contribution in [2.45, 2.75) is 12.7 Å². The van der Waals surface area contributed by atoms with Crippen LogP contribution in [0.3, 0.4) is 0 Å². The van der Waals surface area contributed by atoms with Gasteiger partial charge in [-0.05, 0) is 30.3 Å². The predicted molar refractivity (Wildman–Crippen MR) is 86.1 cm³/mol. The van der Waals surface area contributed by atoms with Crippen molar-refractivity contribution in [1.82, 2.24) is 9.78 Å². The van der Waals surface area contributed by atoms with E-state index in [-0.39, 0.29) is 17.7 Å². The second kappa shape index (κ2) is 6.39. The minimum atomic E-state index is -4.49. The predicted octanol–water partition coefficient (Wildman–Crippen LogP) is 3.05. The lowest BCUT2D eigenvalue weighted by Gasteiger charge is -2.11. The molecule has 0 aliphatic heterocycles. The van der Waals surface area contributed by atoms with Crippen molar-refractivity contribution in [2.75, 3.05) is 5.32 Å². The van der Waals surface area contributed by atoms with E-state index < -0.39 is 17.6 Å². The van der Waals surface area contributed by atoms with Crippen LogP contribution in [0.2, 0.25) is 0 Å². The van der Waals surface area contributed by atoms with Crippen LogP contribution in [-0.2, 0) is 17.5 Å². The summed E-state index contributed by atoms with van der Waals surface area (Å²) in [6, 6.07) is 11.0. The van der Waals surface area contributed by atoms with Crippen molar-refractivity contribution in [3.05, 3.63) is 70.5 Å². The van der Waals surface area contributed by atoms with Crippen LogP contribution in [0.4, 0.5) is 18.9 Å². The average molecular weight is 347 g/mol. The van der Waals surface area contributed by atoms with Gasteiger partial charge in [0.05, 0.1) is 17.3 Å². The smallest absolute Gasteiger partial charge is 0.324 e. The summed E-state index contributed by atoms with van der Waals surface area (Å²) < 4.78 is 39.4. The van der Waals surface area contributed by atoms with E-state index in [4.69, 9.17) is 0 Å². The Morgan fingerprint density at radius 1 is 1.12 bits per heavy atom. The standard InChI is InChI=1S/C17H12F3N3O2/c18-17(19,20)11-4-3-5-12(8-11)22-16(25)10-23-14-7-2-1-6-13(14)15(24)9-21-23/h1-9H,10H2,(H,22,25). The van der Waals surface area contributed by atoms with Crippen LogP contribution >= 0.6 is 0 Å². The van der Waals surface area contributed by atoms with Gasteiger partial charge in [-0.3, -0.25) is 14.3 Å². The Bertz CT molecular complexity index is 996. The zero-order valence-electron chi connectivity index (χ0n) is 12.7. The van der Waals surface area contributed by atoms with Gasteiger partial charge in [0.1, 0.15) is 6.54 Å². The first-order valence-electron chi connectivity index (χ1n) is 7.26. The molecule has 1 heterocycles. The highest BCUT2D eigenvalue weighted by Gasteiger charge is 2.30. The number of benzene rings is 2. The Labute approximate surface area is 139 Å². The molecule has 0 unspecified atom stereocenters. The maximum absolute atomic E-state index is 12.7. The molecule has 0 aliphatic rings. The van der Waals surface area contributed by atoms with Crippen molar-refractivity contribution in [3.8, 4) is 0 Å². The van der Waals surface area contributed by atoms with Gasteiger partial charge in [0, 0.05) is 11.1 Å². The number of amides is 1. The van der Waals surface area contributed by atoms with E-state index in [1.807, 2.05) is 0 Å². The van der Waals surface area contributed by atoms with Crippen LogP contribution in [0.15, 0.2) is 59.5 Å². The maximum Gasteiger partial charge on any atom is 0.416 e. The second-order valence-corrected chi connectivity index (χ2v) is 5.31. The number of rotatable bonds is 3. The molecule has 0 saturated heterocycles. The number of halogens is 3. The van der Waals surface area contributed by atoms with Crippen molar-refractivity contribution in [2.24, 2.45) is 0 Å². The number of hydrogen-bond acceptors (Lipinski definition) is 3. The summed E-state index contributed by atoms with van der Waals surface area (Å²) in [5, 5.41) is 6.72. The van der Waals surface area contributed by atoms with Crippen LogP contribution in [0.25, 0.3) is 10.9 Å². The molecule has 3 rings (SSSR count). The number of carbonyl (C=O) groups excluding carboxylic acids is 1. The van der Waals surface area contributed by atoms with Gasteiger partial charge in [0.2, 0.25) is 11.3 Å². The number of nitrogens with zero attached hydrogens (tertiary/aromatic N) is 2. The monoisotopic (exact) mass is 347 g/mol. The number of aromatic nitrogens is 2. The molecule has 128 valence electrons. The number of alkyl halides is 3. The highest BCUT2D eigenvalue weighted by Crippen LogP contribution is 2.30.